The first-order valence-corrected chi connectivity index (χ1v) is 3.39. The smallest absolute Gasteiger partial charge is 0.305 e. The van der Waals surface area contributed by atoms with Crippen molar-refractivity contribution in [2.24, 2.45) is 0 Å². The van der Waals surface area contributed by atoms with E-state index in [4.69, 9.17) is 0 Å². The minimum absolute atomic E-state index is 0.530. The van der Waals surface area contributed by atoms with Crippen LogP contribution < -0.4 is 4.73 Å². The predicted molar refractivity (Wildman–Crippen MR) is 36.6 cm³/mol. The SMILES string of the molecule is [O-][n+]1cccnc1CP. The lowest BCUT2D eigenvalue weighted by atomic mass is 10.6. The highest BCUT2D eigenvalue weighted by Gasteiger charge is 1.98. The molecule has 1 aromatic heterocycles. The topological polar surface area (TPSA) is 39.8 Å². The summed E-state index contributed by atoms with van der Waals surface area (Å²) in [6, 6.07) is 1.61. The Labute approximate surface area is 55.5 Å². The highest BCUT2D eigenvalue weighted by Crippen LogP contribution is 1.92. The minimum atomic E-state index is 0.530. The molecular weight excluding hydrogens is 135 g/mol. The van der Waals surface area contributed by atoms with Crippen molar-refractivity contribution in [3.05, 3.63) is 29.5 Å². The van der Waals surface area contributed by atoms with Gasteiger partial charge in [-0.05, 0) is 0 Å². The van der Waals surface area contributed by atoms with Gasteiger partial charge in [0.25, 0.3) is 0 Å². The largest absolute Gasteiger partial charge is 0.711 e. The number of nitrogens with zero attached hydrogens (tertiary/aromatic N) is 2. The number of aromatic nitrogens is 2. The van der Waals surface area contributed by atoms with E-state index >= 15 is 0 Å². The Bertz CT molecular complexity index is 204. The number of hydrogen-bond acceptors (Lipinski definition) is 2. The molecule has 0 aliphatic rings. The zero-order valence-corrected chi connectivity index (χ0v) is 5.97. The Kier molecular flexibility index (Phi) is 1.96. The molecule has 0 radical (unpaired) electrons. The molecule has 1 unspecified atom stereocenters. The summed E-state index contributed by atoms with van der Waals surface area (Å²) in [7, 11) is 2.44. The summed E-state index contributed by atoms with van der Waals surface area (Å²) in [6.45, 7) is 0. The third-order valence-electron chi connectivity index (χ3n) is 0.968. The van der Waals surface area contributed by atoms with E-state index in [1.54, 1.807) is 12.3 Å². The standard InChI is InChI=1S/C5H7N2OP/c8-7-3-1-2-6-5(7)4-9/h1-3H,4,9H2. The van der Waals surface area contributed by atoms with Crippen molar-refractivity contribution in [2.45, 2.75) is 6.16 Å². The van der Waals surface area contributed by atoms with E-state index in [2.05, 4.69) is 14.2 Å². The third-order valence-corrected chi connectivity index (χ3v) is 1.33. The first-order chi connectivity index (χ1) is 4.34. The molecule has 0 aromatic carbocycles. The first-order valence-electron chi connectivity index (χ1n) is 2.57. The highest BCUT2D eigenvalue weighted by molar-refractivity contribution is 7.15. The monoisotopic (exact) mass is 142 g/mol. The van der Waals surface area contributed by atoms with Gasteiger partial charge in [-0.25, -0.2) is 4.73 Å². The molecule has 9 heavy (non-hydrogen) atoms. The summed E-state index contributed by atoms with van der Waals surface area (Å²) in [5.74, 6) is 0.530. The number of hydrogen-bond donors (Lipinski definition) is 0. The van der Waals surface area contributed by atoms with Gasteiger partial charge in [0.2, 0.25) is 0 Å². The molecule has 1 rings (SSSR count). The Balaban J connectivity index is 3.01. The fourth-order valence-corrected chi connectivity index (χ4v) is 0.817. The summed E-state index contributed by atoms with van der Waals surface area (Å²) in [4.78, 5) is 3.83. The summed E-state index contributed by atoms with van der Waals surface area (Å²) in [5, 5.41) is 10.7. The van der Waals surface area contributed by atoms with Crippen LogP contribution >= 0.6 is 9.24 Å². The van der Waals surface area contributed by atoms with Crippen LogP contribution in [0.5, 0.6) is 0 Å². The second-order valence-electron chi connectivity index (χ2n) is 1.57. The molecule has 0 N–H and O–H groups in total. The highest BCUT2D eigenvalue weighted by atomic mass is 31.0. The maximum atomic E-state index is 10.7. The lowest BCUT2D eigenvalue weighted by molar-refractivity contribution is -0.616. The summed E-state index contributed by atoms with van der Waals surface area (Å²) >= 11 is 0. The van der Waals surface area contributed by atoms with Crippen LogP contribution in [0.4, 0.5) is 0 Å². The van der Waals surface area contributed by atoms with E-state index in [1.807, 2.05) is 0 Å². The van der Waals surface area contributed by atoms with Crippen molar-refractivity contribution in [3.63, 3.8) is 0 Å². The van der Waals surface area contributed by atoms with Crippen molar-refractivity contribution >= 4 is 9.24 Å². The van der Waals surface area contributed by atoms with Crippen LogP contribution in [-0.4, -0.2) is 4.98 Å². The van der Waals surface area contributed by atoms with Gasteiger partial charge < -0.3 is 5.21 Å². The average Bonchev–Trinajstić information content (AvgIpc) is 1.89. The molecular formula is C5H7N2OP. The third kappa shape index (κ3) is 1.36. The van der Waals surface area contributed by atoms with Gasteiger partial charge in [0.05, 0.1) is 12.4 Å². The van der Waals surface area contributed by atoms with E-state index in [0.717, 1.165) is 4.73 Å². The van der Waals surface area contributed by atoms with Crippen LogP contribution in [0.15, 0.2) is 18.5 Å². The van der Waals surface area contributed by atoms with Gasteiger partial charge in [0, 0.05) is 6.07 Å². The van der Waals surface area contributed by atoms with Crippen molar-refractivity contribution in [1.82, 2.24) is 4.98 Å². The lowest BCUT2D eigenvalue weighted by Crippen LogP contribution is -2.31. The molecule has 1 aromatic rings. The van der Waals surface area contributed by atoms with E-state index in [9.17, 15) is 5.21 Å². The normalized spacial score (nSPS) is 9.44. The second-order valence-corrected chi connectivity index (χ2v) is 1.97. The summed E-state index contributed by atoms with van der Waals surface area (Å²) < 4.78 is 0.757. The zero-order chi connectivity index (χ0) is 6.69. The van der Waals surface area contributed by atoms with Crippen molar-refractivity contribution in [1.29, 1.82) is 0 Å². The molecule has 0 saturated carbocycles. The van der Waals surface area contributed by atoms with Crippen LogP contribution in [0, 0.1) is 5.21 Å². The maximum Gasteiger partial charge on any atom is 0.305 e. The molecule has 1 heterocycles. The molecule has 4 heteroatoms. The zero-order valence-electron chi connectivity index (χ0n) is 4.82. The summed E-state index contributed by atoms with van der Waals surface area (Å²) in [6.07, 6.45) is 3.64. The van der Waals surface area contributed by atoms with Gasteiger partial charge >= 0.3 is 5.82 Å². The van der Waals surface area contributed by atoms with Crippen LogP contribution in [0.1, 0.15) is 5.82 Å². The fourth-order valence-electron chi connectivity index (χ4n) is 0.531. The van der Waals surface area contributed by atoms with Crippen LogP contribution in [-0.2, 0) is 6.16 Å². The van der Waals surface area contributed by atoms with Gasteiger partial charge in [0.1, 0.15) is 6.20 Å². The van der Waals surface area contributed by atoms with Gasteiger partial charge in [-0.3, -0.25) is 0 Å². The predicted octanol–water partition coefficient (Wildman–Crippen LogP) is 0.0901. The van der Waals surface area contributed by atoms with Crippen molar-refractivity contribution in [2.75, 3.05) is 0 Å². The first kappa shape index (κ1) is 6.43. The van der Waals surface area contributed by atoms with Crippen LogP contribution in [0.25, 0.3) is 0 Å². The average molecular weight is 142 g/mol. The molecule has 0 fully saturated rings. The van der Waals surface area contributed by atoms with Crippen molar-refractivity contribution in [3.8, 4) is 0 Å². The Hall–Kier alpha value is -0.690. The molecule has 0 bridgehead atoms. The van der Waals surface area contributed by atoms with Crippen molar-refractivity contribution < 1.29 is 4.73 Å². The molecule has 0 saturated heterocycles. The molecule has 1 atom stereocenters. The lowest BCUT2D eigenvalue weighted by Gasteiger charge is -2.00. The van der Waals surface area contributed by atoms with Crippen LogP contribution in [0.2, 0.25) is 0 Å². The summed E-state index contributed by atoms with van der Waals surface area (Å²) in [5.41, 5.74) is 0. The Morgan fingerprint density at radius 3 is 3.00 bits per heavy atom. The molecule has 0 spiro atoms. The Morgan fingerprint density at radius 2 is 2.56 bits per heavy atom. The minimum Gasteiger partial charge on any atom is -0.711 e. The molecule has 0 aliphatic heterocycles. The molecule has 0 amide bonds. The maximum absolute atomic E-state index is 10.7. The fraction of sp³-hybridized carbons (Fsp3) is 0.200. The van der Waals surface area contributed by atoms with E-state index < -0.39 is 0 Å². The van der Waals surface area contributed by atoms with E-state index in [-0.39, 0.29) is 0 Å². The molecule has 0 aliphatic carbocycles. The van der Waals surface area contributed by atoms with Crippen LogP contribution in [0.3, 0.4) is 0 Å². The van der Waals surface area contributed by atoms with Gasteiger partial charge in [-0.15, -0.1) is 9.24 Å². The van der Waals surface area contributed by atoms with Gasteiger partial charge in [-0.2, -0.15) is 0 Å². The van der Waals surface area contributed by atoms with Gasteiger partial charge in [0.15, 0.2) is 0 Å². The number of rotatable bonds is 1. The Morgan fingerprint density at radius 1 is 1.78 bits per heavy atom. The second kappa shape index (κ2) is 2.74. The molecule has 3 nitrogen and oxygen atoms in total. The molecule has 48 valence electrons. The van der Waals surface area contributed by atoms with Gasteiger partial charge in [-0.1, -0.05) is 4.98 Å². The van der Waals surface area contributed by atoms with E-state index in [0.29, 0.717) is 12.0 Å². The quantitative estimate of drug-likeness (QED) is 0.316. The van der Waals surface area contributed by atoms with E-state index in [1.165, 1.54) is 6.20 Å².